The highest BCUT2D eigenvalue weighted by molar-refractivity contribution is 7.74. The van der Waals surface area contributed by atoms with Gasteiger partial charge < -0.3 is 9.29 Å². The van der Waals surface area contributed by atoms with Crippen LogP contribution in [-0.4, -0.2) is 26.4 Å². The Balaban J connectivity index is 3.39. The van der Waals surface area contributed by atoms with Crippen LogP contribution in [0, 0.1) is 0 Å². The van der Waals surface area contributed by atoms with Crippen LogP contribution < -0.4 is 0 Å². The number of carbonyl (C=O) groups excluding carboxylic acids is 1. The van der Waals surface area contributed by atoms with Crippen LogP contribution in [0.25, 0.3) is 0 Å². The van der Waals surface area contributed by atoms with Crippen molar-refractivity contribution in [2.45, 2.75) is 6.42 Å². The van der Waals surface area contributed by atoms with Crippen molar-refractivity contribution < 1.29 is 22.8 Å². The third kappa shape index (κ3) is 5.41. The fourth-order valence-corrected chi connectivity index (χ4v) is 0.455. The molecule has 0 saturated heterocycles. The fraction of sp³-hybridized carbons (Fsp3) is 0.667. The van der Waals surface area contributed by atoms with Gasteiger partial charge in [-0.25, -0.2) is 0 Å². The maximum atomic E-state index is 10.1. The molecule has 0 aromatic heterocycles. The van der Waals surface area contributed by atoms with Crippen molar-refractivity contribution in [1.82, 2.24) is 0 Å². The SMILES string of the molecule is O=C(CCO)OS(=O)O. The average molecular weight is 154 g/mol. The van der Waals surface area contributed by atoms with Gasteiger partial charge in [-0.1, -0.05) is 0 Å². The molecule has 0 amide bonds. The minimum absolute atomic E-state index is 0.258. The zero-order chi connectivity index (χ0) is 7.28. The minimum Gasteiger partial charge on any atom is -0.396 e. The van der Waals surface area contributed by atoms with Crippen LogP contribution in [-0.2, 0) is 20.3 Å². The first kappa shape index (κ1) is 8.54. The topological polar surface area (TPSA) is 83.8 Å². The molecule has 0 heterocycles. The molecule has 0 aliphatic rings. The van der Waals surface area contributed by atoms with Crippen LogP contribution in [0.3, 0.4) is 0 Å². The van der Waals surface area contributed by atoms with E-state index in [0.717, 1.165) is 0 Å². The van der Waals surface area contributed by atoms with Gasteiger partial charge >= 0.3 is 17.3 Å². The lowest BCUT2D eigenvalue weighted by Gasteiger charge is -1.93. The van der Waals surface area contributed by atoms with Crippen molar-refractivity contribution in [1.29, 1.82) is 0 Å². The summed E-state index contributed by atoms with van der Waals surface area (Å²) in [5.74, 6) is -0.890. The number of carbonyl (C=O) groups is 1. The Morgan fingerprint density at radius 1 is 1.67 bits per heavy atom. The molecule has 0 fully saturated rings. The molecule has 6 heteroatoms. The maximum absolute atomic E-state index is 10.1. The predicted molar refractivity (Wildman–Crippen MR) is 28.6 cm³/mol. The highest BCUT2D eigenvalue weighted by Crippen LogP contribution is 1.85. The number of hydrogen-bond donors (Lipinski definition) is 2. The van der Waals surface area contributed by atoms with Gasteiger partial charge in [0.1, 0.15) is 0 Å². The van der Waals surface area contributed by atoms with E-state index in [9.17, 15) is 9.00 Å². The van der Waals surface area contributed by atoms with Gasteiger partial charge in [0.15, 0.2) is 0 Å². The summed E-state index contributed by atoms with van der Waals surface area (Å²) in [6.45, 7) is -0.379. The normalized spacial score (nSPS) is 12.7. The summed E-state index contributed by atoms with van der Waals surface area (Å²) in [4.78, 5) is 10.1. The highest BCUT2D eigenvalue weighted by atomic mass is 32.2. The van der Waals surface area contributed by atoms with Crippen molar-refractivity contribution in [2.75, 3.05) is 6.61 Å². The van der Waals surface area contributed by atoms with E-state index in [1.54, 1.807) is 0 Å². The predicted octanol–water partition coefficient (Wildman–Crippen LogP) is -0.951. The van der Waals surface area contributed by atoms with Crippen LogP contribution in [0.2, 0.25) is 0 Å². The van der Waals surface area contributed by atoms with E-state index in [4.69, 9.17) is 9.66 Å². The summed E-state index contributed by atoms with van der Waals surface area (Å²) in [7, 11) is 0. The first-order chi connectivity index (χ1) is 4.16. The second kappa shape index (κ2) is 4.42. The van der Waals surface area contributed by atoms with Gasteiger partial charge in [-0.2, -0.15) is 4.21 Å². The molecule has 1 atom stereocenters. The monoisotopic (exact) mass is 154 g/mol. The summed E-state index contributed by atoms with van der Waals surface area (Å²) >= 11 is -2.56. The van der Waals surface area contributed by atoms with Gasteiger partial charge in [-0.15, -0.1) is 0 Å². The van der Waals surface area contributed by atoms with E-state index >= 15 is 0 Å². The van der Waals surface area contributed by atoms with Crippen molar-refractivity contribution in [3.63, 3.8) is 0 Å². The van der Waals surface area contributed by atoms with E-state index in [-0.39, 0.29) is 13.0 Å². The fourth-order valence-electron chi connectivity index (χ4n) is 0.212. The Morgan fingerprint density at radius 3 is 2.56 bits per heavy atom. The van der Waals surface area contributed by atoms with Crippen LogP contribution in [0.15, 0.2) is 0 Å². The second-order valence-corrected chi connectivity index (χ2v) is 1.75. The molecule has 0 rings (SSSR count). The van der Waals surface area contributed by atoms with Gasteiger partial charge in [0, 0.05) is 0 Å². The van der Waals surface area contributed by atoms with Crippen LogP contribution in [0.5, 0.6) is 0 Å². The van der Waals surface area contributed by atoms with Crippen LogP contribution >= 0.6 is 0 Å². The molecule has 9 heavy (non-hydrogen) atoms. The number of hydrogen-bond acceptors (Lipinski definition) is 4. The molecule has 2 N–H and O–H groups in total. The number of aliphatic hydroxyl groups excluding tert-OH is 1. The molecule has 1 unspecified atom stereocenters. The molecular weight excluding hydrogens is 148 g/mol. The van der Waals surface area contributed by atoms with Gasteiger partial charge in [-0.05, 0) is 0 Å². The lowest BCUT2D eigenvalue weighted by molar-refractivity contribution is -0.134. The molecule has 0 aliphatic carbocycles. The van der Waals surface area contributed by atoms with E-state index in [1.165, 1.54) is 0 Å². The first-order valence-electron chi connectivity index (χ1n) is 2.09. The van der Waals surface area contributed by atoms with Gasteiger partial charge in [0.2, 0.25) is 0 Å². The molecule has 0 bridgehead atoms. The quantitative estimate of drug-likeness (QED) is 0.512. The molecule has 0 radical (unpaired) electrons. The Hall–Kier alpha value is -0.460. The van der Waals surface area contributed by atoms with E-state index in [2.05, 4.69) is 4.18 Å². The van der Waals surface area contributed by atoms with E-state index < -0.39 is 17.3 Å². The number of aliphatic hydroxyl groups is 1. The number of rotatable bonds is 3. The largest absolute Gasteiger partial charge is 0.396 e. The third-order valence-corrected chi connectivity index (χ3v) is 0.809. The molecule has 0 aliphatic heterocycles. The van der Waals surface area contributed by atoms with Gasteiger partial charge in [0.05, 0.1) is 13.0 Å². The molecule has 0 saturated carbocycles. The van der Waals surface area contributed by atoms with Crippen LogP contribution in [0.1, 0.15) is 6.42 Å². The molecule has 0 spiro atoms. The maximum Gasteiger partial charge on any atom is 0.360 e. The smallest absolute Gasteiger partial charge is 0.360 e. The summed E-state index contributed by atoms with van der Waals surface area (Å²) in [6, 6.07) is 0. The van der Waals surface area contributed by atoms with Crippen molar-refractivity contribution in [2.24, 2.45) is 0 Å². The van der Waals surface area contributed by atoms with Gasteiger partial charge in [0.25, 0.3) is 0 Å². The Morgan fingerprint density at radius 2 is 2.22 bits per heavy atom. The van der Waals surface area contributed by atoms with Crippen molar-refractivity contribution >= 4 is 17.3 Å². The van der Waals surface area contributed by atoms with Crippen molar-refractivity contribution in [3.05, 3.63) is 0 Å². The Labute approximate surface area is 54.1 Å². The van der Waals surface area contributed by atoms with Crippen molar-refractivity contribution in [3.8, 4) is 0 Å². The zero-order valence-electron chi connectivity index (χ0n) is 4.44. The summed E-state index contributed by atoms with van der Waals surface area (Å²) in [5.41, 5.74) is 0. The average Bonchev–Trinajstić information content (AvgIpc) is 1.63. The standard InChI is InChI=1S/C3H6O5S/c4-2-1-3(5)8-9(6)7/h4H,1-2H2,(H,6,7). The molecular formula is C3H6O5S. The summed E-state index contributed by atoms with van der Waals surface area (Å²) < 4.78 is 21.3. The lowest BCUT2D eigenvalue weighted by Crippen LogP contribution is -2.07. The Bertz CT molecular complexity index is 121. The van der Waals surface area contributed by atoms with E-state index in [1.807, 2.05) is 0 Å². The first-order valence-corrected chi connectivity index (χ1v) is 3.13. The summed E-state index contributed by atoms with van der Waals surface area (Å²) in [6.07, 6.45) is -0.258. The van der Waals surface area contributed by atoms with Crippen LogP contribution in [0.4, 0.5) is 0 Å². The highest BCUT2D eigenvalue weighted by Gasteiger charge is 2.03. The Kier molecular flexibility index (Phi) is 4.20. The molecule has 54 valence electrons. The third-order valence-electron chi connectivity index (χ3n) is 0.480. The lowest BCUT2D eigenvalue weighted by atomic mass is 10.5. The molecule has 0 aromatic carbocycles. The van der Waals surface area contributed by atoms with Gasteiger partial charge in [-0.3, -0.25) is 9.35 Å². The zero-order valence-corrected chi connectivity index (χ0v) is 5.26. The van der Waals surface area contributed by atoms with E-state index in [0.29, 0.717) is 0 Å². The second-order valence-electron chi connectivity index (χ2n) is 1.15. The summed E-state index contributed by atoms with van der Waals surface area (Å²) in [5, 5.41) is 8.07. The molecule has 5 nitrogen and oxygen atoms in total. The minimum atomic E-state index is -2.56. The molecule has 0 aromatic rings.